The average Bonchev–Trinajstić information content (AvgIpc) is 3.07. The van der Waals surface area contributed by atoms with Gasteiger partial charge in [-0.2, -0.15) is 0 Å². The number of carbonyl (C=O) groups is 1. The molecule has 6 heteroatoms. The molecular formula is C23H25N3O3. The molecule has 2 aromatic carbocycles. The number of amides is 1. The second kappa shape index (κ2) is 7.72. The van der Waals surface area contributed by atoms with Gasteiger partial charge in [0.2, 0.25) is 0 Å². The van der Waals surface area contributed by atoms with Gasteiger partial charge in [0.05, 0.1) is 6.04 Å². The fourth-order valence-electron chi connectivity index (χ4n) is 3.90. The van der Waals surface area contributed by atoms with E-state index in [0.29, 0.717) is 12.1 Å². The van der Waals surface area contributed by atoms with Gasteiger partial charge in [0.1, 0.15) is 11.1 Å². The molecule has 29 heavy (non-hydrogen) atoms. The number of hydrogen-bond donors (Lipinski definition) is 1. The molecule has 1 aliphatic heterocycles. The molecule has 2 heterocycles. The van der Waals surface area contributed by atoms with Crippen LogP contribution in [0.25, 0.3) is 11.0 Å². The van der Waals surface area contributed by atoms with Gasteiger partial charge < -0.3 is 19.5 Å². The lowest BCUT2D eigenvalue weighted by atomic mass is 10.0. The van der Waals surface area contributed by atoms with Gasteiger partial charge in [-0.3, -0.25) is 4.79 Å². The van der Waals surface area contributed by atoms with E-state index in [1.165, 1.54) is 11.3 Å². The van der Waals surface area contributed by atoms with Crippen LogP contribution in [0.3, 0.4) is 0 Å². The minimum absolute atomic E-state index is 0.00246. The fourth-order valence-corrected chi connectivity index (χ4v) is 3.90. The number of fused-ring (bicyclic) bond motifs is 2. The second-order valence-corrected chi connectivity index (χ2v) is 7.73. The summed E-state index contributed by atoms with van der Waals surface area (Å²) in [7, 11) is 6.07. The van der Waals surface area contributed by atoms with E-state index in [1.807, 2.05) is 26.2 Å². The molecule has 1 unspecified atom stereocenters. The molecule has 150 valence electrons. The maximum absolute atomic E-state index is 12.7. The van der Waals surface area contributed by atoms with Gasteiger partial charge >= 0.3 is 5.63 Å². The van der Waals surface area contributed by atoms with Crippen LogP contribution in [0.15, 0.2) is 57.7 Å². The predicted octanol–water partition coefficient (Wildman–Crippen LogP) is 2.82. The van der Waals surface area contributed by atoms with Crippen LogP contribution in [0.4, 0.5) is 5.69 Å². The number of benzene rings is 2. The molecule has 0 saturated carbocycles. The van der Waals surface area contributed by atoms with Gasteiger partial charge in [0.25, 0.3) is 5.91 Å². The molecule has 1 atom stereocenters. The van der Waals surface area contributed by atoms with E-state index in [-0.39, 0.29) is 11.6 Å². The Morgan fingerprint density at radius 2 is 2.00 bits per heavy atom. The molecule has 0 spiro atoms. The lowest BCUT2D eigenvalue weighted by Crippen LogP contribution is -2.36. The highest BCUT2D eigenvalue weighted by molar-refractivity contribution is 5.96. The topological polar surface area (TPSA) is 65.8 Å². The van der Waals surface area contributed by atoms with Gasteiger partial charge in [-0.05, 0) is 49.8 Å². The van der Waals surface area contributed by atoms with Crippen molar-refractivity contribution in [1.82, 2.24) is 10.2 Å². The first-order valence-corrected chi connectivity index (χ1v) is 9.75. The quantitative estimate of drug-likeness (QED) is 0.678. The number of nitrogens with one attached hydrogen (secondary N) is 1. The van der Waals surface area contributed by atoms with Gasteiger partial charge in [0, 0.05) is 31.2 Å². The third-order valence-electron chi connectivity index (χ3n) is 5.58. The Kier molecular flexibility index (Phi) is 5.11. The number of rotatable bonds is 5. The monoisotopic (exact) mass is 391 g/mol. The summed E-state index contributed by atoms with van der Waals surface area (Å²) in [5, 5.41) is 3.64. The maximum atomic E-state index is 12.7. The molecule has 0 bridgehead atoms. The molecule has 1 amide bonds. The molecule has 1 aromatic heterocycles. The molecule has 0 fully saturated rings. The third kappa shape index (κ3) is 3.76. The summed E-state index contributed by atoms with van der Waals surface area (Å²) in [6, 6.07) is 15.2. The second-order valence-electron chi connectivity index (χ2n) is 7.73. The van der Waals surface area contributed by atoms with Gasteiger partial charge in [-0.15, -0.1) is 0 Å². The zero-order valence-corrected chi connectivity index (χ0v) is 16.9. The molecule has 0 saturated heterocycles. The standard InChI is InChI=1S/C23H25N3O3/c1-25(2)20(15-8-9-19-16(12-15)10-11-26(19)3)14-24-22(27)18-13-17-6-4-5-7-21(17)29-23(18)28/h4-9,12-13,20H,10-11,14H2,1-3H3,(H,24,27). The highest BCUT2D eigenvalue weighted by atomic mass is 16.4. The summed E-state index contributed by atoms with van der Waals surface area (Å²) in [6.07, 6.45) is 1.03. The molecule has 0 aliphatic carbocycles. The molecule has 0 radical (unpaired) electrons. The number of carbonyl (C=O) groups excluding carboxylic acids is 1. The van der Waals surface area contributed by atoms with E-state index in [2.05, 4.69) is 40.4 Å². The number of hydrogen-bond acceptors (Lipinski definition) is 5. The molecule has 1 aliphatic rings. The van der Waals surface area contributed by atoms with Gasteiger partial charge in [-0.1, -0.05) is 30.3 Å². The summed E-state index contributed by atoms with van der Waals surface area (Å²) in [6.45, 7) is 1.42. The highest BCUT2D eigenvalue weighted by Crippen LogP contribution is 2.30. The van der Waals surface area contributed by atoms with Crippen molar-refractivity contribution in [3.05, 3.63) is 75.6 Å². The first-order valence-electron chi connectivity index (χ1n) is 9.75. The van der Waals surface area contributed by atoms with Crippen LogP contribution in [0, 0.1) is 0 Å². The van der Waals surface area contributed by atoms with Crippen molar-refractivity contribution >= 4 is 22.6 Å². The lowest BCUT2D eigenvalue weighted by molar-refractivity contribution is 0.0938. The van der Waals surface area contributed by atoms with Crippen LogP contribution in [-0.4, -0.2) is 45.0 Å². The minimum Gasteiger partial charge on any atom is -0.422 e. The third-order valence-corrected chi connectivity index (χ3v) is 5.58. The first kappa shape index (κ1) is 19.2. The summed E-state index contributed by atoms with van der Waals surface area (Å²) in [5.74, 6) is -0.419. The normalized spacial score (nSPS) is 14.3. The van der Waals surface area contributed by atoms with Crippen LogP contribution >= 0.6 is 0 Å². The van der Waals surface area contributed by atoms with Crippen molar-refractivity contribution in [1.29, 1.82) is 0 Å². The maximum Gasteiger partial charge on any atom is 0.349 e. The van der Waals surface area contributed by atoms with Crippen LogP contribution in [0.5, 0.6) is 0 Å². The Hall–Kier alpha value is -3.12. The van der Waals surface area contributed by atoms with Crippen molar-refractivity contribution in [3.63, 3.8) is 0 Å². The summed E-state index contributed by atoms with van der Waals surface area (Å²) >= 11 is 0. The Bertz CT molecular complexity index is 1120. The summed E-state index contributed by atoms with van der Waals surface area (Å²) in [4.78, 5) is 29.3. The van der Waals surface area contributed by atoms with Crippen molar-refractivity contribution in [2.75, 3.05) is 39.1 Å². The van der Waals surface area contributed by atoms with Crippen LogP contribution in [0.1, 0.15) is 27.5 Å². The minimum atomic E-state index is -0.622. The summed E-state index contributed by atoms with van der Waals surface area (Å²) in [5.41, 5.74) is 3.63. The zero-order chi connectivity index (χ0) is 20.5. The fraction of sp³-hybridized carbons (Fsp3) is 0.304. The smallest absolute Gasteiger partial charge is 0.349 e. The number of para-hydroxylation sites is 1. The van der Waals surface area contributed by atoms with E-state index < -0.39 is 11.5 Å². The van der Waals surface area contributed by atoms with Crippen LogP contribution in [-0.2, 0) is 6.42 Å². The lowest BCUT2D eigenvalue weighted by Gasteiger charge is -2.26. The molecule has 4 rings (SSSR count). The first-order chi connectivity index (χ1) is 13.9. The molecule has 6 nitrogen and oxygen atoms in total. The van der Waals surface area contributed by atoms with Crippen molar-refractivity contribution in [2.24, 2.45) is 0 Å². The van der Waals surface area contributed by atoms with E-state index in [1.54, 1.807) is 18.2 Å². The Balaban J connectivity index is 1.54. The SMILES string of the molecule is CN1CCc2cc(C(CNC(=O)c3cc4ccccc4oc3=O)N(C)C)ccc21. The number of likely N-dealkylation sites (N-methyl/N-ethyl adjacent to an activating group) is 2. The average molecular weight is 391 g/mol. The number of anilines is 1. The highest BCUT2D eigenvalue weighted by Gasteiger charge is 2.21. The van der Waals surface area contributed by atoms with E-state index in [0.717, 1.165) is 23.9 Å². The zero-order valence-electron chi connectivity index (χ0n) is 16.9. The van der Waals surface area contributed by atoms with E-state index in [4.69, 9.17) is 4.42 Å². The molecule has 1 N–H and O–H groups in total. The largest absolute Gasteiger partial charge is 0.422 e. The Morgan fingerprint density at radius 3 is 2.79 bits per heavy atom. The van der Waals surface area contributed by atoms with Gasteiger partial charge in [-0.25, -0.2) is 4.79 Å². The Labute approximate surface area is 169 Å². The summed E-state index contributed by atoms with van der Waals surface area (Å²) < 4.78 is 5.28. The molecular weight excluding hydrogens is 366 g/mol. The van der Waals surface area contributed by atoms with Crippen LogP contribution in [0.2, 0.25) is 0 Å². The van der Waals surface area contributed by atoms with Gasteiger partial charge in [0.15, 0.2) is 0 Å². The van der Waals surface area contributed by atoms with Crippen molar-refractivity contribution < 1.29 is 9.21 Å². The predicted molar refractivity (Wildman–Crippen MR) is 115 cm³/mol. The van der Waals surface area contributed by atoms with E-state index in [9.17, 15) is 9.59 Å². The van der Waals surface area contributed by atoms with Crippen molar-refractivity contribution in [2.45, 2.75) is 12.5 Å². The Morgan fingerprint density at radius 1 is 1.21 bits per heavy atom. The molecule has 3 aromatic rings. The van der Waals surface area contributed by atoms with Crippen molar-refractivity contribution in [3.8, 4) is 0 Å². The number of nitrogens with zero attached hydrogens (tertiary/aromatic N) is 2. The van der Waals surface area contributed by atoms with Crippen LogP contribution < -0.4 is 15.8 Å². The van der Waals surface area contributed by atoms with E-state index >= 15 is 0 Å².